The number of unbranched alkanes of at least 4 members (excludes halogenated alkanes) is 2. The van der Waals surface area contributed by atoms with Gasteiger partial charge in [-0.1, -0.05) is 36.4 Å². The maximum atomic E-state index is 13.2. The number of hydrogen-bond donors (Lipinski definition) is 1. The molecule has 0 fully saturated rings. The molecule has 1 N–H and O–H groups in total. The lowest BCUT2D eigenvalue weighted by Gasteiger charge is -2.13. The predicted molar refractivity (Wildman–Crippen MR) is 155 cm³/mol. The van der Waals surface area contributed by atoms with Gasteiger partial charge in [-0.2, -0.15) is 0 Å². The molecule has 210 valence electrons. The van der Waals surface area contributed by atoms with Gasteiger partial charge in [0.25, 0.3) is 0 Å². The molecule has 0 aromatic heterocycles. The van der Waals surface area contributed by atoms with Gasteiger partial charge >= 0.3 is 11.9 Å². The Kier molecular flexibility index (Phi) is 11.8. The largest absolute Gasteiger partial charge is 0.493 e. The summed E-state index contributed by atoms with van der Waals surface area (Å²) in [6, 6.07) is 19.0. The average Bonchev–Trinajstić information content (AvgIpc) is 2.96. The smallest absolute Gasteiger partial charge is 0.338 e. The number of carbonyl (C=O) groups is 3. The van der Waals surface area contributed by atoms with E-state index in [0.717, 1.165) is 29.7 Å². The van der Waals surface area contributed by atoms with Crippen LogP contribution in [0.5, 0.6) is 5.75 Å². The topological polar surface area (TPSA) is 107 Å². The summed E-state index contributed by atoms with van der Waals surface area (Å²) in [6.45, 7) is 2.41. The maximum absolute atomic E-state index is 13.2. The second-order valence-electron chi connectivity index (χ2n) is 9.12. The minimum Gasteiger partial charge on any atom is -0.493 e. The fourth-order valence-electron chi connectivity index (χ4n) is 4.00. The summed E-state index contributed by atoms with van der Waals surface area (Å²) in [6.07, 6.45) is 8.50. The van der Waals surface area contributed by atoms with Crippen molar-refractivity contribution in [1.82, 2.24) is 0 Å². The van der Waals surface area contributed by atoms with Gasteiger partial charge in [-0.25, -0.2) is 4.79 Å². The van der Waals surface area contributed by atoms with E-state index in [0.29, 0.717) is 34.6 Å². The van der Waals surface area contributed by atoms with Crippen LogP contribution in [-0.4, -0.2) is 46.5 Å². The quantitative estimate of drug-likeness (QED) is 0.135. The molecule has 1 atom stereocenters. The summed E-state index contributed by atoms with van der Waals surface area (Å²) in [5.41, 5.74) is 2.72. The number of esters is 1. The van der Waals surface area contributed by atoms with Crippen molar-refractivity contribution in [3.63, 3.8) is 0 Å². The van der Waals surface area contributed by atoms with Gasteiger partial charge < -0.3 is 14.6 Å². The first-order valence-electron chi connectivity index (χ1n) is 13.2. The normalized spacial score (nSPS) is 11.8. The summed E-state index contributed by atoms with van der Waals surface area (Å²) < 4.78 is 22.5. The molecule has 0 saturated heterocycles. The van der Waals surface area contributed by atoms with Crippen LogP contribution in [0.15, 0.2) is 77.7 Å². The van der Waals surface area contributed by atoms with Crippen LogP contribution in [0.2, 0.25) is 0 Å². The molecule has 0 aliphatic rings. The SMILES string of the molecule is CCOC(=O)c1cccc(C(=O)c2ccc(OCCCC/C=C/c3ccc(S(C)=O)cc3)c(CCC(=O)O)c2)c1. The van der Waals surface area contributed by atoms with Crippen molar-refractivity contribution in [2.45, 2.75) is 43.9 Å². The third-order valence-corrected chi connectivity index (χ3v) is 7.05. The van der Waals surface area contributed by atoms with Crippen molar-refractivity contribution in [2.75, 3.05) is 19.5 Å². The van der Waals surface area contributed by atoms with E-state index in [1.165, 1.54) is 6.07 Å². The number of rotatable bonds is 15. The van der Waals surface area contributed by atoms with Crippen molar-refractivity contribution < 1.29 is 33.2 Å². The highest BCUT2D eigenvalue weighted by atomic mass is 32.2. The summed E-state index contributed by atoms with van der Waals surface area (Å²) in [5, 5.41) is 9.19. The zero-order valence-electron chi connectivity index (χ0n) is 22.8. The first-order valence-corrected chi connectivity index (χ1v) is 14.7. The van der Waals surface area contributed by atoms with Crippen molar-refractivity contribution in [1.29, 1.82) is 0 Å². The first-order chi connectivity index (χ1) is 19.3. The Morgan fingerprint density at radius 1 is 0.925 bits per heavy atom. The van der Waals surface area contributed by atoms with Gasteiger partial charge in [0, 0.05) is 39.5 Å². The summed E-state index contributed by atoms with van der Waals surface area (Å²) >= 11 is 0. The average molecular weight is 563 g/mol. The van der Waals surface area contributed by atoms with Crippen LogP contribution in [0.3, 0.4) is 0 Å². The third kappa shape index (κ3) is 9.31. The summed E-state index contributed by atoms with van der Waals surface area (Å²) in [4.78, 5) is 37.2. The number of ether oxygens (including phenoxy) is 2. The Hall–Kier alpha value is -4.04. The van der Waals surface area contributed by atoms with Crippen LogP contribution < -0.4 is 4.74 Å². The number of carbonyl (C=O) groups excluding carboxylic acids is 2. The molecule has 0 aliphatic carbocycles. The highest BCUT2D eigenvalue weighted by Gasteiger charge is 2.16. The van der Waals surface area contributed by atoms with E-state index in [4.69, 9.17) is 9.47 Å². The molecule has 40 heavy (non-hydrogen) atoms. The lowest BCUT2D eigenvalue weighted by molar-refractivity contribution is -0.136. The molecule has 3 aromatic rings. The van der Waals surface area contributed by atoms with Crippen molar-refractivity contribution in [3.8, 4) is 5.75 Å². The maximum Gasteiger partial charge on any atom is 0.338 e. The number of allylic oxidation sites excluding steroid dienone is 1. The van der Waals surface area contributed by atoms with Gasteiger partial charge in [0.2, 0.25) is 0 Å². The van der Waals surface area contributed by atoms with Crippen molar-refractivity contribution >= 4 is 34.6 Å². The van der Waals surface area contributed by atoms with Crippen LogP contribution >= 0.6 is 0 Å². The standard InChI is InChI=1S/C32H34O7S/c1-3-38-32(36)27-11-8-10-25(22-27)31(35)26-14-18-29(24(21-26)15-19-30(33)34)39-20-7-5-4-6-9-23-12-16-28(17-13-23)40(2)37/h6,8-14,16-18,21-22H,3-5,7,15,19-20H2,1-2H3,(H,33,34)/b9-6+. The number of benzene rings is 3. The minimum atomic E-state index is -0.985. The molecule has 8 heteroatoms. The molecule has 0 bridgehead atoms. The Bertz CT molecular complexity index is 1380. The van der Waals surface area contributed by atoms with E-state index in [-0.39, 0.29) is 25.2 Å². The zero-order chi connectivity index (χ0) is 28.9. The molecule has 0 heterocycles. The number of ketones is 1. The van der Waals surface area contributed by atoms with E-state index in [1.54, 1.807) is 49.6 Å². The van der Waals surface area contributed by atoms with Crippen molar-refractivity contribution in [3.05, 3.63) is 101 Å². The highest BCUT2D eigenvalue weighted by Crippen LogP contribution is 2.24. The van der Waals surface area contributed by atoms with E-state index >= 15 is 0 Å². The fourth-order valence-corrected chi connectivity index (χ4v) is 4.52. The summed E-state index contributed by atoms with van der Waals surface area (Å²) in [5.74, 6) is -1.15. The van der Waals surface area contributed by atoms with Gasteiger partial charge in [-0.05, 0) is 86.2 Å². The lowest BCUT2D eigenvalue weighted by Crippen LogP contribution is -2.09. The van der Waals surface area contributed by atoms with Crippen LogP contribution in [0, 0.1) is 0 Å². The van der Waals surface area contributed by atoms with Crippen LogP contribution in [-0.2, 0) is 26.8 Å². The van der Waals surface area contributed by atoms with Gasteiger partial charge in [-0.3, -0.25) is 13.8 Å². The van der Waals surface area contributed by atoms with Crippen LogP contribution in [0.25, 0.3) is 6.08 Å². The molecule has 0 spiro atoms. The highest BCUT2D eigenvalue weighted by molar-refractivity contribution is 7.84. The molecule has 0 aliphatic heterocycles. The lowest BCUT2D eigenvalue weighted by atomic mass is 9.98. The van der Waals surface area contributed by atoms with E-state index in [1.807, 2.05) is 30.3 Å². The van der Waals surface area contributed by atoms with E-state index in [2.05, 4.69) is 6.08 Å². The summed E-state index contributed by atoms with van der Waals surface area (Å²) in [7, 11) is -0.985. The van der Waals surface area contributed by atoms with Crippen LogP contribution in [0.1, 0.15) is 70.0 Å². The fraction of sp³-hybridized carbons (Fsp3) is 0.281. The number of carboxylic acid groups (broad SMARTS) is 1. The second-order valence-corrected chi connectivity index (χ2v) is 10.5. The monoisotopic (exact) mass is 562 g/mol. The molecule has 3 aromatic carbocycles. The molecule has 7 nitrogen and oxygen atoms in total. The molecular formula is C32H34O7S. The molecule has 0 amide bonds. The Morgan fingerprint density at radius 2 is 1.65 bits per heavy atom. The molecule has 1 unspecified atom stereocenters. The Balaban J connectivity index is 1.59. The van der Waals surface area contributed by atoms with Gasteiger partial charge in [0.1, 0.15) is 5.75 Å². The Morgan fingerprint density at radius 3 is 2.35 bits per heavy atom. The van der Waals surface area contributed by atoms with Gasteiger partial charge in [0.05, 0.1) is 18.8 Å². The van der Waals surface area contributed by atoms with Crippen LogP contribution in [0.4, 0.5) is 0 Å². The number of aliphatic carboxylic acids is 1. The predicted octanol–water partition coefficient (Wildman–Crippen LogP) is 6.11. The number of carboxylic acids is 1. The second kappa shape index (κ2) is 15.5. The zero-order valence-corrected chi connectivity index (χ0v) is 23.6. The van der Waals surface area contributed by atoms with Gasteiger partial charge in [0.15, 0.2) is 5.78 Å². The first kappa shape index (κ1) is 30.5. The molecule has 0 saturated carbocycles. The minimum absolute atomic E-state index is 0.0910. The van der Waals surface area contributed by atoms with Crippen molar-refractivity contribution in [2.24, 2.45) is 0 Å². The van der Waals surface area contributed by atoms with Gasteiger partial charge in [-0.15, -0.1) is 0 Å². The number of aryl methyl sites for hydroxylation is 1. The molecule has 0 radical (unpaired) electrons. The molecule has 3 rings (SSSR count). The third-order valence-electron chi connectivity index (χ3n) is 6.11. The van der Waals surface area contributed by atoms with E-state index < -0.39 is 22.7 Å². The molecular weight excluding hydrogens is 528 g/mol. The number of hydrogen-bond acceptors (Lipinski definition) is 6. The van der Waals surface area contributed by atoms with E-state index in [9.17, 15) is 23.7 Å². The Labute approximate surface area is 237 Å².